The molecule has 0 spiro atoms. The minimum absolute atomic E-state index is 0.119. The van der Waals surface area contributed by atoms with E-state index in [-0.39, 0.29) is 17.0 Å². The first-order valence-corrected chi connectivity index (χ1v) is 9.17. The first-order valence-electron chi connectivity index (χ1n) is 6.81. The average Bonchev–Trinajstić information content (AvgIpc) is 2.91. The lowest BCUT2D eigenvalue weighted by Crippen LogP contribution is -2.30. The smallest absolute Gasteiger partial charge is 0.240 e. The fraction of sp³-hybridized carbons (Fsp3) is 0.333. The van der Waals surface area contributed by atoms with E-state index in [0.29, 0.717) is 0 Å². The summed E-state index contributed by atoms with van der Waals surface area (Å²) in [4.78, 5) is 1.53. The Hall–Kier alpha value is -1.37. The standard InChI is InChI=1S/C15H20N2O2S2/c1-11(2)17-21(18,19)14-8-6-13(7-9-14)16-12(3)15-5-4-10-20-15/h4-12,16-17H,1-3H3. The normalized spacial score (nSPS) is 13.3. The molecule has 0 aliphatic carbocycles. The van der Waals surface area contributed by atoms with Crippen molar-refractivity contribution in [1.29, 1.82) is 0 Å². The first kappa shape index (κ1) is 16.0. The van der Waals surface area contributed by atoms with E-state index in [1.165, 1.54) is 4.88 Å². The van der Waals surface area contributed by atoms with Gasteiger partial charge < -0.3 is 5.32 Å². The molecular formula is C15H20N2O2S2. The molecule has 2 rings (SSSR count). The van der Waals surface area contributed by atoms with Crippen LogP contribution in [0.5, 0.6) is 0 Å². The average molecular weight is 324 g/mol. The molecule has 0 aliphatic rings. The van der Waals surface area contributed by atoms with Crippen molar-refractivity contribution in [2.24, 2.45) is 0 Å². The van der Waals surface area contributed by atoms with E-state index >= 15 is 0 Å². The van der Waals surface area contributed by atoms with Gasteiger partial charge in [-0.05, 0) is 56.5 Å². The van der Waals surface area contributed by atoms with Crippen LogP contribution in [-0.4, -0.2) is 14.5 Å². The van der Waals surface area contributed by atoms with Crippen LogP contribution < -0.4 is 10.0 Å². The minimum atomic E-state index is -3.42. The van der Waals surface area contributed by atoms with E-state index in [0.717, 1.165) is 5.69 Å². The maximum Gasteiger partial charge on any atom is 0.240 e. The van der Waals surface area contributed by atoms with Gasteiger partial charge in [0.05, 0.1) is 10.9 Å². The molecule has 1 aromatic carbocycles. The third-order valence-electron chi connectivity index (χ3n) is 2.91. The molecule has 0 bridgehead atoms. The maximum atomic E-state index is 12.0. The van der Waals surface area contributed by atoms with Crippen molar-refractivity contribution in [2.45, 2.75) is 37.8 Å². The Morgan fingerprint density at radius 3 is 2.24 bits per heavy atom. The van der Waals surface area contributed by atoms with Crippen LogP contribution in [0.2, 0.25) is 0 Å². The van der Waals surface area contributed by atoms with E-state index in [4.69, 9.17) is 0 Å². The molecule has 0 saturated heterocycles. The molecule has 0 fully saturated rings. The summed E-state index contributed by atoms with van der Waals surface area (Å²) in [7, 11) is -3.42. The number of benzene rings is 1. The van der Waals surface area contributed by atoms with Gasteiger partial charge in [-0.2, -0.15) is 0 Å². The fourth-order valence-corrected chi connectivity index (χ4v) is 3.95. The van der Waals surface area contributed by atoms with Crippen molar-refractivity contribution >= 4 is 27.0 Å². The van der Waals surface area contributed by atoms with Crippen molar-refractivity contribution in [1.82, 2.24) is 4.72 Å². The van der Waals surface area contributed by atoms with Gasteiger partial charge in [-0.3, -0.25) is 0 Å². The second-order valence-corrected chi connectivity index (χ2v) is 7.88. The summed E-state index contributed by atoms with van der Waals surface area (Å²) >= 11 is 1.70. The Morgan fingerprint density at radius 1 is 1.05 bits per heavy atom. The molecule has 6 heteroatoms. The van der Waals surface area contributed by atoms with E-state index in [2.05, 4.69) is 23.0 Å². The van der Waals surface area contributed by atoms with Crippen molar-refractivity contribution in [3.63, 3.8) is 0 Å². The Morgan fingerprint density at radius 2 is 1.71 bits per heavy atom. The van der Waals surface area contributed by atoms with Crippen LogP contribution in [0, 0.1) is 0 Å². The summed E-state index contributed by atoms with van der Waals surface area (Å²) in [5.74, 6) is 0. The van der Waals surface area contributed by atoms with Gasteiger partial charge >= 0.3 is 0 Å². The highest BCUT2D eigenvalue weighted by molar-refractivity contribution is 7.89. The molecule has 0 amide bonds. The zero-order valence-electron chi connectivity index (χ0n) is 12.3. The van der Waals surface area contributed by atoms with E-state index in [9.17, 15) is 8.42 Å². The molecule has 1 heterocycles. The monoisotopic (exact) mass is 324 g/mol. The molecule has 0 radical (unpaired) electrons. The zero-order valence-corrected chi connectivity index (χ0v) is 14.0. The topological polar surface area (TPSA) is 58.2 Å². The molecule has 0 aliphatic heterocycles. The summed E-state index contributed by atoms with van der Waals surface area (Å²) in [5, 5.41) is 5.40. The van der Waals surface area contributed by atoms with Crippen molar-refractivity contribution < 1.29 is 8.42 Å². The fourth-order valence-electron chi connectivity index (χ4n) is 1.97. The second kappa shape index (κ2) is 6.60. The second-order valence-electron chi connectivity index (χ2n) is 5.18. The lowest BCUT2D eigenvalue weighted by molar-refractivity contribution is 0.570. The third kappa shape index (κ3) is 4.30. The third-order valence-corrected chi connectivity index (χ3v) is 5.64. The number of rotatable bonds is 6. The van der Waals surface area contributed by atoms with Gasteiger partial charge in [0.1, 0.15) is 0 Å². The van der Waals surface area contributed by atoms with Gasteiger partial charge in [0.2, 0.25) is 10.0 Å². The summed E-state index contributed by atoms with van der Waals surface area (Å²) in [6.07, 6.45) is 0. The molecule has 2 N–H and O–H groups in total. The number of thiophene rings is 1. The van der Waals surface area contributed by atoms with Gasteiger partial charge in [-0.15, -0.1) is 11.3 Å². The minimum Gasteiger partial charge on any atom is -0.378 e. The number of hydrogen-bond acceptors (Lipinski definition) is 4. The predicted molar refractivity (Wildman–Crippen MR) is 88.3 cm³/mol. The highest BCUT2D eigenvalue weighted by atomic mass is 32.2. The Balaban J connectivity index is 2.09. The lowest BCUT2D eigenvalue weighted by Gasteiger charge is -2.14. The number of nitrogens with one attached hydrogen (secondary N) is 2. The molecule has 2 aromatic rings. The quantitative estimate of drug-likeness (QED) is 0.853. The van der Waals surface area contributed by atoms with Crippen LogP contribution in [0.4, 0.5) is 5.69 Å². The van der Waals surface area contributed by atoms with Gasteiger partial charge in [0, 0.05) is 16.6 Å². The van der Waals surface area contributed by atoms with Crippen LogP contribution in [0.3, 0.4) is 0 Å². The lowest BCUT2D eigenvalue weighted by atomic mass is 10.2. The van der Waals surface area contributed by atoms with Crippen molar-refractivity contribution in [3.8, 4) is 0 Å². The Bertz CT molecular complexity index is 662. The summed E-state index contributed by atoms with van der Waals surface area (Å²) in [6, 6.07) is 11.0. The van der Waals surface area contributed by atoms with E-state index in [1.807, 2.05) is 11.4 Å². The molecule has 1 unspecified atom stereocenters. The maximum absolute atomic E-state index is 12.0. The van der Waals surface area contributed by atoms with E-state index < -0.39 is 10.0 Å². The van der Waals surface area contributed by atoms with E-state index in [1.54, 1.807) is 49.4 Å². The van der Waals surface area contributed by atoms with Crippen molar-refractivity contribution in [3.05, 3.63) is 46.7 Å². The summed E-state index contributed by atoms with van der Waals surface area (Å²) in [5.41, 5.74) is 0.902. The number of sulfonamides is 1. The summed E-state index contributed by atoms with van der Waals surface area (Å²) < 4.78 is 26.6. The zero-order chi connectivity index (χ0) is 15.5. The SMILES string of the molecule is CC(C)NS(=O)(=O)c1ccc(NC(C)c2cccs2)cc1. The van der Waals surface area contributed by atoms with Crippen molar-refractivity contribution in [2.75, 3.05) is 5.32 Å². The summed E-state index contributed by atoms with van der Waals surface area (Å²) in [6.45, 7) is 5.68. The molecule has 0 saturated carbocycles. The van der Waals surface area contributed by atoms with Gasteiger partial charge in [0.15, 0.2) is 0 Å². The molecule has 21 heavy (non-hydrogen) atoms. The highest BCUT2D eigenvalue weighted by Gasteiger charge is 2.15. The van der Waals surface area contributed by atoms with Gasteiger partial charge in [-0.25, -0.2) is 13.1 Å². The molecule has 1 aromatic heterocycles. The number of anilines is 1. The van der Waals surface area contributed by atoms with Gasteiger partial charge in [0.25, 0.3) is 0 Å². The Kier molecular flexibility index (Phi) is 5.03. The molecular weight excluding hydrogens is 304 g/mol. The predicted octanol–water partition coefficient (Wildman–Crippen LogP) is 3.61. The Labute approximate surface area is 130 Å². The largest absolute Gasteiger partial charge is 0.378 e. The van der Waals surface area contributed by atoms with Crippen LogP contribution >= 0.6 is 11.3 Å². The molecule has 4 nitrogen and oxygen atoms in total. The van der Waals surface area contributed by atoms with Crippen LogP contribution in [0.15, 0.2) is 46.7 Å². The number of hydrogen-bond donors (Lipinski definition) is 2. The van der Waals surface area contributed by atoms with Crippen LogP contribution in [-0.2, 0) is 10.0 Å². The van der Waals surface area contributed by atoms with Crippen LogP contribution in [0.1, 0.15) is 31.7 Å². The highest BCUT2D eigenvalue weighted by Crippen LogP contribution is 2.23. The van der Waals surface area contributed by atoms with Gasteiger partial charge in [-0.1, -0.05) is 6.07 Å². The first-order chi connectivity index (χ1) is 9.88. The molecule has 1 atom stereocenters. The molecule has 114 valence electrons. The van der Waals surface area contributed by atoms with Crippen LogP contribution in [0.25, 0.3) is 0 Å².